The summed E-state index contributed by atoms with van der Waals surface area (Å²) < 4.78 is 18.2. The number of phenolic OH excluding ortho intramolecular Hbond substituents is 1. The molecule has 0 amide bonds. The molecule has 3 N–H and O–H groups in total. The maximum atomic E-state index is 13.5. The van der Waals surface area contributed by atoms with Crippen molar-refractivity contribution in [3.05, 3.63) is 23.0 Å². The van der Waals surface area contributed by atoms with Crippen molar-refractivity contribution in [1.29, 1.82) is 0 Å². The Morgan fingerprint density at radius 1 is 1.67 bits per heavy atom. The molecule has 0 aliphatic heterocycles. The number of carbonyl (C=O) groups excluding carboxylic acids is 1. The largest absolute Gasteiger partial charge is 0.505 e. The van der Waals surface area contributed by atoms with Gasteiger partial charge in [0.2, 0.25) is 5.82 Å². The van der Waals surface area contributed by atoms with Gasteiger partial charge in [0.1, 0.15) is 0 Å². The summed E-state index contributed by atoms with van der Waals surface area (Å²) in [6.07, 6.45) is 0. The number of ketones is 1. The average molecular weight is 213 g/mol. The van der Waals surface area contributed by atoms with Crippen LogP contribution in [0.2, 0.25) is 0 Å². The van der Waals surface area contributed by atoms with Crippen LogP contribution in [0, 0.1) is 12.7 Å². The van der Waals surface area contributed by atoms with Crippen LogP contribution in [0.15, 0.2) is 6.07 Å². The zero-order valence-electron chi connectivity index (χ0n) is 8.50. The molecule has 0 saturated carbocycles. The van der Waals surface area contributed by atoms with Gasteiger partial charge in [0.15, 0.2) is 17.3 Å². The number of methoxy groups -OCH3 is 1. The van der Waals surface area contributed by atoms with Crippen molar-refractivity contribution < 1.29 is 19.0 Å². The highest BCUT2D eigenvalue weighted by Gasteiger charge is 2.20. The molecule has 1 rings (SSSR count). The van der Waals surface area contributed by atoms with Gasteiger partial charge >= 0.3 is 0 Å². The molecular formula is C10H12FNO3. The molecule has 0 aliphatic carbocycles. The van der Waals surface area contributed by atoms with Crippen LogP contribution in [0.3, 0.4) is 0 Å². The summed E-state index contributed by atoms with van der Waals surface area (Å²) in [7, 11) is 1.22. The fourth-order valence-corrected chi connectivity index (χ4v) is 1.27. The second-order valence-corrected chi connectivity index (χ2v) is 3.06. The third-order valence-electron chi connectivity index (χ3n) is 2.08. The SMILES string of the molecule is COc1c(C(=O)CN)cc(C)c(O)c1F. The number of ether oxygens (including phenoxy) is 1. The van der Waals surface area contributed by atoms with Crippen LogP contribution in [0.5, 0.6) is 11.5 Å². The van der Waals surface area contributed by atoms with Gasteiger partial charge in [-0.05, 0) is 18.6 Å². The fourth-order valence-electron chi connectivity index (χ4n) is 1.27. The van der Waals surface area contributed by atoms with E-state index < -0.39 is 17.3 Å². The Morgan fingerprint density at radius 2 is 2.27 bits per heavy atom. The molecule has 0 heterocycles. The summed E-state index contributed by atoms with van der Waals surface area (Å²) >= 11 is 0. The van der Waals surface area contributed by atoms with Gasteiger partial charge in [0.05, 0.1) is 19.2 Å². The summed E-state index contributed by atoms with van der Waals surface area (Å²) in [5, 5.41) is 9.30. The van der Waals surface area contributed by atoms with E-state index in [0.717, 1.165) is 0 Å². The van der Waals surface area contributed by atoms with Crippen LogP contribution in [-0.2, 0) is 0 Å². The summed E-state index contributed by atoms with van der Waals surface area (Å²) in [5.41, 5.74) is 5.49. The number of hydrogen-bond acceptors (Lipinski definition) is 4. The summed E-state index contributed by atoms with van der Waals surface area (Å²) in [6.45, 7) is 1.26. The maximum Gasteiger partial charge on any atom is 0.207 e. The van der Waals surface area contributed by atoms with E-state index in [2.05, 4.69) is 0 Å². The lowest BCUT2D eigenvalue weighted by Crippen LogP contribution is -2.15. The molecule has 0 radical (unpaired) electrons. The van der Waals surface area contributed by atoms with Crippen molar-refractivity contribution in [2.24, 2.45) is 5.73 Å². The predicted octanol–water partition coefficient (Wildman–Crippen LogP) is 0.990. The van der Waals surface area contributed by atoms with E-state index in [4.69, 9.17) is 10.5 Å². The molecule has 0 saturated heterocycles. The second-order valence-electron chi connectivity index (χ2n) is 3.06. The quantitative estimate of drug-likeness (QED) is 0.734. The number of phenols is 1. The van der Waals surface area contributed by atoms with E-state index >= 15 is 0 Å². The molecule has 82 valence electrons. The monoisotopic (exact) mass is 213 g/mol. The standard InChI is InChI=1S/C10H12FNO3/c1-5-3-6(7(13)4-12)10(15-2)8(11)9(5)14/h3,14H,4,12H2,1-2H3. The maximum absolute atomic E-state index is 13.5. The van der Waals surface area contributed by atoms with Gasteiger partial charge in [-0.1, -0.05) is 0 Å². The first-order valence-electron chi connectivity index (χ1n) is 4.32. The molecule has 4 nitrogen and oxygen atoms in total. The zero-order valence-corrected chi connectivity index (χ0v) is 8.50. The number of nitrogens with two attached hydrogens (primary N) is 1. The second kappa shape index (κ2) is 4.27. The van der Waals surface area contributed by atoms with Crippen molar-refractivity contribution in [2.75, 3.05) is 13.7 Å². The minimum Gasteiger partial charge on any atom is -0.505 e. The Balaban J connectivity index is 3.45. The average Bonchev–Trinajstić information content (AvgIpc) is 2.24. The summed E-state index contributed by atoms with van der Waals surface area (Å²) in [4.78, 5) is 11.4. The van der Waals surface area contributed by atoms with Gasteiger partial charge < -0.3 is 15.6 Å². The van der Waals surface area contributed by atoms with Crippen LogP contribution in [0.1, 0.15) is 15.9 Å². The van der Waals surface area contributed by atoms with E-state index in [1.807, 2.05) is 0 Å². The lowest BCUT2D eigenvalue weighted by molar-refractivity contribution is 0.0997. The molecule has 0 atom stereocenters. The normalized spacial score (nSPS) is 10.1. The van der Waals surface area contributed by atoms with Gasteiger partial charge in [-0.3, -0.25) is 4.79 Å². The highest BCUT2D eigenvalue weighted by atomic mass is 19.1. The van der Waals surface area contributed by atoms with Crippen LogP contribution >= 0.6 is 0 Å². The summed E-state index contributed by atoms with van der Waals surface area (Å²) in [6, 6.07) is 1.35. The third-order valence-corrected chi connectivity index (χ3v) is 2.08. The van der Waals surface area contributed by atoms with E-state index in [9.17, 15) is 14.3 Å². The van der Waals surface area contributed by atoms with Gasteiger partial charge in [0, 0.05) is 0 Å². The number of hydrogen-bond donors (Lipinski definition) is 2. The lowest BCUT2D eigenvalue weighted by atomic mass is 10.0. The highest BCUT2D eigenvalue weighted by molar-refractivity contribution is 6.00. The van der Waals surface area contributed by atoms with Crippen LogP contribution in [-0.4, -0.2) is 24.5 Å². The van der Waals surface area contributed by atoms with E-state index in [-0.39, 0.29) is 23.4 Å². The van der Waals surface area contributed by atoms with Gasteiger partial charge in [0.25, 0.3) is 0 Å². The topological polar surface area (TPSA) is 72.5 Å². The first-order valence-corrected chi connectivity index (χ1v) is 4.32. The lowest BCUT2D eigenvalue weighted by Gasteiger charge is -2.10. The van der Waals surface area contributed by atoms with E-state index in [1.165, 1.54) is 20.1 Å². The number of carbonyl (C=O) groups is 1. The van der Waals surface area contributed by atoms with E-state index in [1.54, 1.807) is 0 Å². The molecule has 1 aromatic carbocycles. The van der Waals surface area contributed by atoms with Crippen LogP contribution < -0.4 is 10.5 Å². The van der Waals surface area contributed by atoms with Crippen molar-refractivity contribution in [3.8, 4) is 11.5 Å². The van der Waals surface area contributed by atoms with E-state index in [0.29, 0.717) is 0 Å². The van der Waals surface area contributed by atoms with Crippen molar-refractivity contribution in [2.45, 2.75) is 6.92 Å². The smallest absolute Gasteiger partial charge is 0.207 e. The number of rotatable bonds is 3. The van der Waals surface area contributed by atoms with Crippen LogP contribution in [0.4, 0.5) is 4.39 Å². The molecule has 1 aromatic rings. The molecule has 0 aromatic heterocycles. The van der Waals surface area contributed by atoms with Crippen molar-refractivity contribution in [3.63, 3.8) is 0 Å². The van der Waals surface area contributed by atoms with Crippen LogP contribution in [0.25, 0.3) is 0 Å². The zero-order chi connectivity index (χ0) is 11.6. The Bertz CT molecular complexity index is 404. The molecule has 0 aliphatic rings. The molecule has 15 heavy (non-hydrogen) atoms. The Labute approximate surface area is 86.5 Å². The Kier molecular flexibility index (Phi) is 3.26. The molecule has 0 bridgehead atoms. The Hall–Kier alpha value is -1.62. The summed E-state index contributed by atoms with van der Waals surface area (Å²) in [5.74, 6) is -2.16. The molecule has 0 spiro atoms. The van der Waals surface area contributed by atoms with Crippen molar-refractivity contribution >= 4 is 5.78 Å². The Morgan fingerprint density at radius 3 is 2.73 bits per heavy atom. The number of aromatic hydroxyl groups is 1. The molecule has 0 fully saturated rings. The fraction of sp³-hybridized carbons (Fsp3) is 0.300. The van der Waals surface area contributed by atoms with Gasteiger partial charge in [-0.2, -0.15) is 4.39 Å². The predicted molar refractivity (Wildman–Crippen MR) is 52.7 cm³/mol. The van der Waals surface area contributed by atoms with Gasteiger partial charge in [-0.25, -0.2) is 0 Å². The molecule has 5 heteroatoms. The first-order chi connectivity index (χ1) is 7.02. The third kappa shape index (κ3) is 1.92. The highest BCUT2D eigenvalue weighted by Crippen LogP contribution is 2.32. The number of benzene rings is 1. The number of Topliss-reactive ketones (excluding diaryl/α,β-unsaturated/α-hetero) is 1. The number of aryl methyl sites for hydroxylation is 1. The van der Waals surface area contributed by atoms with Crippen molar-refractivity contribution in [1.82, 2.24) is 0 Å². The first kappa shape index (κ1) is 11.5. The minimum absolute atomic E-state index is 0.0489. The minimum atomic E-state index is -0.936. The number of halogens is 1. The molecule has 0 unspecified atom stereocenters. The molecular weight excluding hydrogens is 201 g/mol. The van der Waals surface area contributed by atoms with Gasteiger partial charge in [-0.15, -0.1) is 0 Å².